The monoisotopic (exact) mass is 254 g/mol. The molecule has 1 fully saturated rings. The molecular formula is C15H30N2O. The van der Waals surface area contributed by atoms with E-state index < -0.39 is 0 Å². The van der Waals surface area contributed by atoms with Gasteiger partial charge in [0.05, 0.1) is 0 Å². The minimum atomic E-state index is 0.230. The van der Waals surface area contributed by atoms with Crippen molar-refractivity contribution in [3.8, 4) is 0 Å². The number of hydrogen-bond acceptors (Lipinski definition) is 2. The Bertz CT molecular complexity index is 276. The van der Waals surface area contributed by atoms with Crippen LogP contribution in [0.15, 0.2) is 23.5 Å². The molecule has 0 aromatic carbocycles. The number of rotatable bonds is 2. The van der Waals surface area contributed by atoms with Crippen LogP contribution in [0.3, 0.4) is 0 Å². The van der Waals surface area contributed by atoms with Crippen molar-refractivity contribution in [3.63, 3.8) is 0 Å². The maximum Gasteiger partial charge on any atom is 0.226 e. The molecule has 106 valence electrons. The van der Waals surface area contributed by atoms with Gasteiger partial charge in [0.15, 0.2) is 0 Å². The van der Waals surface area contributed by atoms with E-state index in [1.165, 1.54) is 0 Å². The third kappa shape index (κ3) is 7.93. The molecule has 1 heterocycles. The van der Waals surface area contributed by atoms with Crippen LogP contribution in [0.5, 0.6) is 0 Å². The van der Waals surface area contributed by atoms with Gasteiger partial charge in [0.1, 0.15) is 0 Å². The zero-order valence-electron chi connectivity index (χ0n) is 12.9. The molecule has 0 saturated carbocycles. The van der Waals surface area contributed by atoms with E-state index in [2.05, 4.69) is 0 Å². The quantitative estimate of drug-likeness (QED) is 0.761. The average Bonchev–Trinajstić information content (AvgIpc) is 2.41. The molecule has 3 nitrogen and oxygen atoms in total. The van der Waals surface area contributed by atoms with Crippen molar-refractivity contribution in [2.75, 3.05) is 6.54 Å². The number of nitrogens with zero attached hydrogens (tertiary/aromatic N) is 1. The van der Waals surface area contributed by atoms with E-state index in [0.29, 0.717) is 6.42 Å². The Hall–Kier alpha value is -1.25. The summed E-state index contributed by atoms with van der Waals surface area (Å²) in [4.78, 5) is 13.3. The maximum atomic E-state index is 11.5. The van der Waals surface area contributed by atoms with Crippen LogP contribution in [0, 0.1) is 0 Å². The lowest BCUT2D eigenvalue weighted by atomic mass is 10.1. The SMILES string of the molecule is C/C(N)=C\C=C(/C)N1CCCCC1=O.CC.CC. The van der Waals surface area contributed by atoms with Crippen molar-refractivity contribution in [1.82, 2.24) is 4.90 Å². The maximum absolute atomic E-state index is 11.5. The van der Waals surface area contributed by atoms with E-state index in [1.54, 1.807) is 0 Å². The number of carbonyl (C=O) groups excluding carboxylic acids is 1. The molecule has 0 aromatic heterocycles. The summed E-state index contributed by atoms with van der Waals surface area (Å²) < 4.78 is 0. The minimum Gasteiger partial charge on any atom is -0.402 e. The summed E-state index contributed by atoms with van der Waals surface area (Å²) >= 11 is 0. The first kappa shape index (κ1) is 19.1. The van der Waals surface area contributed by atoms with Gasteiger partial charge in [0.2, 0.25) is 5.91 Å². The molecule has 0 unspecified atom stereocenters. The van der Waals surface area contributed by atoms with E-state index in [4.69, 9.17) is 5.73 Å². The van der Waals surface area contributed by atoms with Crippen LogP contribution in [-0.2, 0) is 4.79 Å². The Morgan fingerprint density at radius 3 is 2.11 bits per heavy atom. The van der Waals surface area contributed by atoms with Crippen LogP contribution in [0.1, 0.15) is 60.8 Å². The first-order valence-corrected chi connectivity index (χ1v) is 7.02. The largest absolute Gasteiger partial charge is 0.402 e. The molecule has 18 heavy (non-hydrogen) atoms. The topological polar surface area (TPSA) is 46.3 Å². The number of nitrogens with two attached hydrogens (primary N) is 1. The van der Waals surface area contributed by atoms with Gasteiger partial charge in [-0.25, -0.2) is 0 Å². The molecule has 0 atom stereocenters. The Labute approximate surface area is 113 Å². The fourth-order valence-electron chi connectivity index (χ4n) is 1.52. The summed E-state index contributed by atoms with van der Waals surface area (Å²) in [7, 11) is 0. The molecule has 0 spiro atoms. The van der Waals surface area contributed by atoms with Crippen molar-refractivity contribution in [1.29, 1.82) is 0 Å². The van der Waals surface area contributed by atoms with E-state index in [0.717, 1.165) is 30.8 Å². The van der Waals surface area contributed by atoms with Crippen LogP contribution in [0.25, 0.3) is 0 Å². The number of likely N-dealkylation sites (tertiary alicyclic amines) is 1. The highest BCUT2D eigenvalue weighted by Gasteiger charge is 2.18. The fraction of sp³-hybridized carbons (Fsp3) is 0.667. The Kier molecular flexibility index (Phi) is 13.0. The van der Waals surface area contributed by atoms with Gasteiger partial charge in [-0.05, 0) is 38.8 Å². The summed E-state index contributed by atoms with van der Waals surface area (Å²) in [6.45, 7) is 12.6. The second kappa shape index (κ2) is 12.2. The highest BCUT2D eigenvalue weighted by atomic mass is 16.2. The lowest BCUT2D eigenvalue weighted by Crippen LogP contribution is -2.33. The standard InChI is InChI=1S/C11H18N2O.2C2H6/c1-9(12)6-7-10(2)13-8-4-3-5-11(13)14;2*1-2/h6-7H,3-5,8,12H2,1-2H3;2*1-2H3/b9-6+,10-7+;;. The number of hydrogen-bond donors (Lipinski definition) is 1. The first-order valence-electron chi connectivity index (χ1n) is 7.02. The number of piperidine rings is 1. The third-order valence-corrected chi connectivity index (χ3v) is 2.34. The van der Waals surface area contributed by atoms with Gasteiger partial charge in [0, 0.05) is 24.4 Å². The van der Waals surface area contributed by atoms with Crippen molar-refractivity contribution < 1.29 is 4.79 Å². The molecule has 2 N–H and O–H groups in total. The minimum absolute atomic E-state index is 0.230. The van der Waals surface area contributed by atoms with Gasteiger partial charge in [-0.3, -0.25) is 4.79 Å². The lowest BCUT2D eigenvalue weighted by Gasteiger charge is -2.27. The van der Waals surface area contributed by atoms with Crippen LogP contribution in [0.4, 0.5) is 0 Å². The van der Waals surface area contributed by atoms with Gasteiger partial charge in [0.25, 0.3) is 0 Å². The van der Waals surface area contributed by atoms with Crippen molar-refractivity contribution in [3.05, 3.63) is 23.5 Å². The molecule has 1 saturated heterocycles. The number of amides is 1. The van der Waals surface area contributed by atoms with Gasteiger partial charge < -0.3 is 10.6 Å². The molecule has 3 heteroatoms. The van der Waals surface area contributed by atoms with Crippen molar-refractivity contribution in [2.24, 2.45) is 5.73 Å². The summed E-state index contributed by atoms with van der Waals surface area (Å²) in [5.74, 6) is 0.230. The smallest absolute Gasteiger partial charge is 0.226 e. The predicted octanol–water partition coefficient (Wildman–Crippen LogP) is 3.82. The van der Waals surface area contributed by atoms with E-state index >= 15 is 0 Å². The molecule has 0 bridgehead atoms. The normalized spacial score (nSPS) is 16.3. The van der Waals surface area contributed by atoms with Gasteiger partial charge in [-0.1, -0.05) is 27.7 Å². The summed E-state index contributed by atoms with van der Waals surface area (Å²) in [5.41, 5.74) is 7.26. The summed E-state index contributed by atoms with van der Waals surface area (Å²) in [6.07, 6.45) is 6.53. The Morgan fingerprint density at radius 1 is 1.11 bits per heavy atom. The zero-order chi connectivity index (χ0) is 14.6. The van der Waals surface area contributed by atoms with E-state index in [-0.39, 0.29) is 5.91 Å². The van der Waals surface area contributed by atoms with Crippen LogP contribution in [0.2, 0.25) is 0 Å². The first-order chi connectivity index (χ1) is 8.61. The number of allylic oxidation sites excluding steroid dienone is 4. The molecule has 0 aliphatic carbocycles. The number of carbonyl (C=O) groups is 1. The van der Waals surface area contributed by atoms with Crippen molar-refractivity contribution >= 4 is 5.91 Å². The van der Waals surface area contributed by atoms with Gasteiger partial charge in [-0.2, -0.15) is 0 Å². The predicted molar refractivity (Wildman–Crippen MR) is 80.0 cm³/mol. The molecular weight excluding hydrogens is 224 g/mol. The fourth-order valence-corrected chi connectivity index (χ4v) is 1.52. The van der Waals surface area contributed by atoms with Crippen LogP contribution >= 0.6 is 0 Å². The average molecular weight is 254 g/mol. The summed E-state index contributed by atoms with van der Waals surface area (Å²) in [5, 5.41) is 0. The summed E-state index contributed by atoms with van der Waals surface area (Å²) in [6, 6.07) is 0. The highest BCUT2D eigenvalue weighted by Crippen LogP contribution is 2.15. The molecule has 1 rings (SSSR count). The molecule has 0 radical (unpaired) electrons. The van der Waals surface area contributed by atoms with E-state index in [1.807, 2.05) is 58.6 Å². The zero-order valence-corrected chi connectivity index (χ0v) is 12.9. The Balaban J connectivity index is 0. The molecule has 1 aliphatic heterocycles. The Morgan fingerprint density at radius 2 is 1.67 bits per heavy atom. The van der Waals surface area contributed by atoms with E-state index in [9.17, 15) is 4.79 Å². The molecule has 0 aromatic rings. The lowest BCUT2D eigenvalue weighted by molar-refractivity contribution is -0.131. The van der Waals surface area contributed by atoms with Crippen LogP contribution < -0.4 is 5.73 Å². The van der Waals surface area contributed by atoms with Gasteiger partial charge in [-0.15, -0.1) is 0 Å². The van der Waals surface area contributed by atoms with Gasteiger partial charge >= 0.3 is 0 Å². The highest BCUT2D eigenvalue weighted by molar-refractivity contribution is 5.78. The second-order valence-corrected chi connectivity index (χ2v) is 3.72. The second-order valence-electron chi connectivity index (χ2n) is 3.72. The van der Waals surface area contributed by atoms with Crippen LogP contribution in [-0.4, -0.2) is 17.4 Å². The van der Waals surface area contributed by atoms with Crippen molar-refractivity contribution in [2.45, 2.75) is 60.8 Å². The third-order valence-electron chi connectivity index (χ3n) is 2.34. The molecule has 1 aliphatic rings. The molecule has 1 amide bonds.